The highest BCUT2D eigenvalue weighted by molar-refractivity contribution is 7.90. The first-order valence-electron chi connectivity index (χ1n) is 8.67. The van der Waals surface area contributed by atoms with Crippen LogP contribution in [0.1, 0.15) is 24.5 Å². The molecule has 1 fully saturated rings. The van der Waals surface area contributed by atoms with Gasteiger partial charge in [0.1, 0.15) is 4.90 Å². The van der Waals surface area contributed by atoms with Crippen LogP contribution in [0.3, 0.4) is 0 Å². The number of sulfone groups is 1. The fraction of sp³-hybridized carbons (Fsp3) is 0.471. The fourth-order valence-corrected chi connectivity index (χ4v) is 4.41. The van der Waals surface area contributed by atoms with E-state index in [9.17, 15) is 18.5 Å². The number of nitrogens with zero attached hydrogens (tertiary/aromatic N) is 4. The molecular formula is C17H22N4O5S. The van der Waals surface area contributed by atoms with Gasteiger partial charge in [-0.3, -0.25) is 14.8 Å². The Morgan fingerprint density at radius 1 is 1.30 bits per heavy atom. The SMILES string of the molecule is CS(=O)(=O)c1cc(N2CCC(c3ccnn3CCO)CC2)ccc1[N+](=O)[O-]. The maximum absolute atomic E-state index is 11.9. The van der Waals surface area contributed by atoms with E-state index in [-0.39, 0.29) is 11.5 Å². The van der Waals surface area contributed by atoms with Crippen molar-refractivity contribution in [2.45, 2.75) is 30.2 Å². The van der Waals surface area contributed by atoms with Crippen LogP contribution >= 0.6 is 0 Å². The fourth-order valence-electron chi connectivity index (χ4n) is 3.55. The van der Waals surface area contributed by atoms with Crippen molar-refractivity contribution in [1.29, 1.82) is 0 Å². The molecule has 0 bridgehead atoms. The molecule has 3 rings (SSSR count). The minimum Gasteiger partial charge on any atom is -0.394 e. The number of nitro groups is 1. The third-order valence-electron chi connectivity index (χ3n) is 4.88. The van der Waals surface area contributed by atoms with Gasteiger partial charge in [-0.1, -0.05) is 0 Å². The monoisotopic (exact) mass is 394 g/mol. The Balaban J connectivity index is 1.78. The number of rotatable bonds is 6. The number of hydrogen-bond donors (Lipinski definition) is 1. The van der Waals surface area contributed by atoms with Gasteiger partial charge in [0.15, 0.2) is 9.84 Å². The minimum atomic E-state index is -3.70. The highest BCUT2D eigenvalue weighted by Crippen LogP contribution is 2.33. The van der Waals surface area contributed by atoms with Gasteiger partial charge >= 0.3 is 0 Å². The predicted molar refractivity (Wildman–Crippen MR) is 99.7 cm³/mol. The molecule has 1 N–H and O–H groups in total. The van der Waals surface area contributed by atoms with Crippen LogP contribution in [0.4, 0.5) is 11.4 Å². The summed E-state index contributed by atoms with van der Waals surface area (Å²) in [6.07, 6.45) is 4.41. The first-order chi connectivity index (χ1) is 12.8. The average Bonchev–Trinajstić information content (AvgIpc) is 3.09. The molecule has 0 amide bonds. The summed E-state index contributed by atoms with van der Waals surface area (Å²) in [6, 6.07) is 6.21. The highest BCUT2D eigenvalue weighted by atomic mass is 32.2. The molecule has 146 valence electrons. The smallest absolute Gasteiger partial charge is 0.288 e. The van der Waals surface area contributed by atoms with Crippen LogP contribution in [0.5, 0.6) is 0 Å². The van der Waals surface area contributed by atoms with Crippen LogP contribution in [0, 0.1) is 10.1 Å². The quantitative estimate of drug-likeness (QED) is 0.583. The van der Waals surface area contributed by atoms with Gasteiger partial charge in [-0.05, 0) is 31.0 Å². The van der Waals surface area contributed by atoms with Gasteiger partial charge in [0.05, 0.1) is 18.1 Å². The second-order valence-electron chi connectivity index (χ2n) is 6.65. The lowest BCUT2D eigenvalue weighted by molar-refractivity contribution is -0.387. The van der Waals surface area contributed by atoms with Crippen LogP contribution in [0.15, 0.2) is 35.4 Å². The molecule has 0 aliphatic carbocycles. The van der Waals surface area contributed by atoms with Crippen molar-refractivity contribution >= 4 is 21.2 Å². The Hall–Kier alpha value is -2.46. The first kappa shape index (κ1) is 19.3. The van der Waals surface area contributed by atoms with E-state index in [1.807, 2.05) is 15.6 Å². The molecule has 0 unspecified atom stereocenters. The van der Waals surface area contributed by atoms with Crippen LogP contribution in [-0.2, 0) is 16.4 Å². The molecule has 1 aliphatic heterocycles. The number of benzene rings is 1. The number of aliphatic hydroxyl groups excluding tert-OH is 1. The molecule has 1 aliphatic rings. The predicted octanol–water partition coefficient (Wildman–Crippen LogP) is 1.57. The molecule has 27 heavy (non-hydrogen) atoms. The molecule has 0 radical (unpaired) electrons. The molecule has 0 spiro atoms. The average molecular weight is 394 g/mol. The number of aliphatic hydroxyl groups is 1. The van der Waals surface area contributed by atoms with E-state index in [4.69, 9.17) is 5.11 Å². The Morgan fingerprint density at radius 3 is 2.59 bits per heavy atom. The van der Waals surface area contributed by atoms with Gasteiger partial charge in [-0.2, -0.15) is 5.10 Å². The third-order valence-corrected chi connectivity index (χ3v) is 6.01. The van der Waals surface area contributed by atoms with Crippen molar-refractivity contribution in [3.05, 3.63) is 46.3 Å². The summed E-state index contributed by atoms with van der Waals surface area (Å²) in [6.45, 7) is 1.90. The highest BCUT2D eigenvalue weighted by Gasteiger charge is 2.27. The lowest BCUT2D eigenvalue weighted by atomic mass is 9.93. The summed E-state index contributed by atoms with van der Waals surface area (Å²) in [5.41, 5.74) is 1.36. The topological polar surface area (TPSA) is 119 Å². The van der Waals surface area contributed by atoms with E-state index in [2.05, 4.69) is 5.10 Å². The summed E-state index contributed by atoms with van der Waals surface area (Å²) >= 11 is 0. The van der Waals surface area contributed by atoms with Gasteiger partial charge in [-0.25, -0.2) is 8.42 Å². The molecule has 9 nitrogen and oxygen atoms in total. The van der Waals surface area contributed by atoms with Crippen LogP contribution in [-0.4, -0.2) is 54.2 Å². The second kappa shape index (κ2) is 7.65. The van der Waals surface area contributed by atoms with Crippen molar-refractivity contribution in [2.24, 2.45) is 0 Å². The van der Waals surface area contributed by atoms with E-state index in [0.717, 1.165) is 24.8 Å². The zero-order chi connectivity index (χ0) is 19.6. The minimum absolute atomic E-state index is 0.0323. The van der Waals surface area contributed by atoms with E-state index in [0.29, 0.717) is 31.2 Å². The number of piperidine rings is 1. The van der Waals surface area contributed by atoms with Gasteiger partial charge in [-0.15, -0.1) is 0 Å². The largest absolute Gasteiger partial charge is 0.394 e. The number of hydrogen-bond acceptors (Lipinski definition) is 7. The lowest BCUT2D eigenvalue weighted by Gasteiger charge is -2.34. The van der Waals surface area contributed by atoms with Crippen LogP contribution in [0.25, 0.3) is 0 Å². The lowest BCUT2D eigenvalue weighted by Crippen LogP contribution is -2.33. The zero-order valence-electron chi connectivity index (χ0n) is 15.0. The summed E-state index contributed by atoms with van der Waals surface area (Å²) in [5.74, 6) is 0.308. The molecular weight excluding hydrogens is 372 g/mol. The zero-order valence-corrected chi connectivity index (χ0v) is 15.8. The van der Waals surface area contributed by atoms with Crippen molar-refractivity contribution in [1.82, 2.24) is 9.78 Å². The number of aromatic nitrogens is 2. The molecule has 2 heterocycles. The van der Waals surface area contributed by atoms with Crippen molar-refractivity contribution in [3.63, 3.8) is 0 Å². The standard InChI is InChI=1S/C17H22N4O5S/c1-27(25,26)17-12-14(2-3-16(17)21(23)24)19-8-5-13(6-9-19)15-4-7-18-20(15)10-11-22/h2-4,7,12-13,22H,5-6,8-11H2,1H3. The van der Waals surface area contributed by atoms with Crippen molar-refractivity contribution in [3.8, 4) is 0 Å². The molecule has 1 aromatic carbocycles. The van der Waals surface area contributed by atoms with E-state index >= 15 is 0 Å². The maximum atomic E-state index is 11.9. The number of anilines is 1. The Labute approximate surface area is 157 Å². The summed E-state index contributed by atoms with van der Waals surface area (Å²) in [7, 11) is -3.70. The van der Waals surface area contributed by atoms with Gasteiger partial charge in [0.2, 0.25) is 0 Å². The normalized spacial score (nSPS) is 15.9. The molecule has 1 saturated heterocycles. The maximum Gasteiger partial charge on any atom is 0.288 e. The molecule has 1 aromatic heterocycles. The molecule has 10 heteroatoms. The van der Waals surface area contributed by atoms with Gasteiger partial charge in [0.25, 0.3) is 5.69 Å². The van der Waals surface area contributed by atoms with E-state index in [1.54, 1.807) is 12.3 Å². The van der Waals surface area contributed by atoms with Crippen LogP contribution in [0.2, 0.25) is 0 Å². The summed E-state index contributed by atoms with van der Waals surface area (Å²) in [5, 5.41) is 24.5. The molecule has 0 saturated carbocycles. The summed E-state index contributed by atoms with van der Waals surface area (Å²) < 4.78 is 25.7. The van der Waals surface area contributed by atoms with Crippen molar-refractivity contribution in [2.75, 3.05) is 30.9 Å². The third kappa shape index (κ3) is 4.11. The molecule has 2 aromatic rings. The van der Waals surface area contributed by atoms with E-state index < -0.39 is 20.4 Å². The summed E-state index contributed by atoms with van der Waals surface area (Å²) in [4.78, 5) is 12.2. The Morgan fingerprint density at radius 2 is 2.00 bits per heavy atom. The Bertz CT molecular complexity index is 933. The Kier molecular flexibility index (Phi) is 5.47. The van der Waals surface area contributed by atoms with Crippen molar-refractivity contribution < 1.29 is 18.4 Å². The van der Waals surface area contributed by atoms with Gasteiger partial charge < -0.3 is 10.0 Å². The second-order valence-corrected chi connectivity index (χ2v) is 8.63. The van der Waals surface area contributed by atoms with Crippen LogP contribution < -0.4 is 4.90 Å². The van der Waals surface area contributed by atoms with E-state index in [1.165, 1.54) is 12.1 Å². The number of nitro benzene ring substituents is 1. The first-order valence-corrected chi connectivity index (χ1v) is 10.6. The molecule has 0 atom stereocenters. The van der Waals surface area contributed by atoms with Gasteiger partial charge in [0, 0.05) is 48.9 Å².